The first-order valence-electron chi connectivity index (χ1n) is 3.12. The highest BCUT2D eigenvalue weighted by molar-refractivity contribution is 5.81. The molecule has 1 aliphatic rings. The summed E-state index contributed by atoms with van der Waals surface area (Å²) >= 11 is 0. The van der Waals surface area contributed by atoms with E-state index in [9.17, 15) is 4.79 Å². The molecule has 1 fully saturated rings. The molecule has 0 saturated carbocycles. The fourth-order valence-corrected chi connectivity index (χ4v) is 1.03. The van der Waals surface area contributed by atoms with Gasteiger partial charge in [-0.25, -0.2) is 0 Å². The largest absolute Gasteiger partial charge is 0.392 e. The average Bonchev–Trinajstić information content (AvgIpc) is 2.14. The lowest BCUT2D eigenvalue weighted by atomic mass is 10.1. The predicted molar refractivity (Wildman–Crippen MR) is 33.1 cm³/mol. The van der Waals surface area contributed by atoms with Crippen LogP contribution in [0.2, 0.25) is 0 Å². The van der Waals surface area contributed by atoms with Gasteiger partial charge in [-0.1, -0.05) is 0 Å². The van der Waals surface area contributed by atoms with E-state index in [0.717, 1.165) is 0 Å². The molecule has 3 nitrogen and oxygen atoms in total. The summed E-state index contributed by atoms with van der Waals surface area (Å²) in [6.45, 7) is 2.10. The Labute approximate surface area is 54.1 Å². The summed E-state index contributed by atoms with van der Waals surface area (Å²) in [6.07, 6.45) is 0.258. The highest BCUT2D eigenvalue weighted by Crippen LogP contribution is 2.05. The van der Waals surface area contributed by atoms with Crippen LogP contribution in [-0.4, -0.2) is 29.6 Å². The van der Waals surface area contributed by atoms with Crippen LogP contribution in [0.15, 0.2) is 0 Å². The van der Waals surface area contributed by atoms with Gasteiger partial charge in [-0.05, 0) is 13.3 Å². The van der Waals surface area contributed by atoms with Crippen molar-refractivity contribution in [2.24, 2.45) is 0 Å². The van der Waals surface area contributed by atoms with Crippen molar-refractivity contribution in [3.8, 4) is 0 Å². The molecule has 2 N–H and O–H groups in total. The average molecular weight is 129 g/mol. The summed E-state index contributed by atoms with van der Waals surface area (Å²) in [5, 5.41) is 11.8. The van der Waals surface area contributed by atoms with Crippen molar-refractivity contribution in [2.75, 3.05) is 6.54 Å². The molecule has 0 spiro atoms. The van der Waals surface area contributed by atoms with Crippen molar-refractivity contribution in [1.82, 2.24) is 5.32 Å². The summed E-state index contributed by atoms with van der Waals surface area (Å²) in [5.41, 5.74) is 0. The first kappa shape index (κ1) is 6.71. The third-order valence-electron chi connectivity index (χ3n) is 1.60. The molecule has 2 unspecified atom stereocenters. The van der Waals surface area contributed by atoms with Crippen molar-refractivity contribution in [3.63, 3.8) is 0 Å². The van der Waals surface area contributed by atoms with Crippen LogP contribution in [-0.2, 0) is 4.79 Å². The Hall–Kier alpha value is -0.410. The molecule has 0 amide bonds. The molecule has 1 rings (SSSR count). The first-order chi connectivity index (χ1) is 4.20. The Morgan fingerprint density at radius 2 is 2.44 bits per heavy atom. The van der Waals surface area contributed by atoms with E-state index < -0.39 is 0 Å². The monoisotopic (exact) mass is 129 g/mol. The van der Waals surface area contributed by atoms with Crippen LogP contribution in [0.1, 0.15) is 13.3 Å². The third kappa shape index (κ3) is 1.50. The maximum Gasteiger partial charge on any atom is 0.146 e. The molecule has 9 heavy (non-hydrogen) atoms. The molecule has 0 aliphatic carbocycles. The summed E-state index contributed by atoms with van der Waals surface area (Å²) < 4.78 is 0. The lowest BCUT2D eigenvalue weighted by Crippen LogP contribution is -2.28. The Kier molecular flexibility index (Phi) is 1.83. The van der Waals surface area contributed by atoms with Gasteiger partial charge in [0.15, 0.2) is 0 Å². The molecule has 0 aromatic rings. The van der Waals surface area contributed by atoms with E-state index in [1.807, 2.05) is 0 Å². The molecular formula is C6H11NO2. The predicted octanol–water partition coefficient (Wildman–Crippen LogP) is -0.702. The van der Waals surface area contributed by atoms with Crippen LogP contribution in [0.4, 0.5) is 0 Å². The maximum absolute atomic E-state index is 10.6. The smallest absolute Gasteiger partial charge is 0.146 e. The molecule has 3 heteroatoms. The zero-order chi connectivity index (χ0) is 6.85. The maximum atomic E-state index is 10.6. The minimum Gasteiger partial charge on any atom is -0.392 e. The molecule has 0 radical (unpaired) electrons. The van der Waals surface area contributed by atoms with Gasteiger partial charge in [0.1, 0.15) is 5.78 Å². The lowest BCUT2D eigenvalue weighted by Gasteiger charge is -2.01. The second kappa shape index (κ2) is 2.45. The second-order valence-electron chi connectivity index (χ2n) is 2.46. The van der Waals surface area contributed by atoms with Crippen molar-refractivity contribution in [3.05, 3.63) is 0 Å². The highest BCUT2D eigenvalue weighted by Gasteiger charge is 2.24. The summed E-state index contributed by atoms with van der Waals surface area (Å²) in [7, 11) is 0. The van der Waals surface area contributed by atoms with Crippen LogP contribution in [0.5, 0.6) is 0 Å². The van der Waals surface area contributed by atoms with Crippen molar-refractivity contribution in [2.45, 2.75) is 25.5 Å². The molecule has 2 atom stereocenters. The number of hydrogen-bond acceptors (Lipinski definition) is 3. The SMILES string of the molecule is CC(=O)C1CC(O)CN1. The minimum absolute atomic E-state index is 0.0972. The van der Waals surface area contributed by atoms with Gasteiger partial charge in [0, 0.05) is 6.54 Å². The third-order valence-corrected chi connectivity index (χ3v) is 1.60. The van der Waals surface area contributed by atoms with Crippen molar-refractivity contribution in [1.29, 1.82) is 0 Å². The number of rotatable bonds is 1. The van der Waals surface area contributed by atoms with Gasteiger partial charge < -0.3 is 10.4 Å². The molecule has 0 bridgehead atoms. The van der Waals surface area contributed by atoms with E-state index in [1.54, 1.807) is 0 Å². The normalized spacial score (nSPS) is 34.9. The number of aliphatic hydroxyl groups excluding tert-OH is 1. The first-order valence-corrected chi connectivity index (χ1v) is 3.12. The molecule has 0 aromatic carbocycles. The number of nitrogens with one attached hydrogen (secondary N) is 1. The van der Waals surface area contributed by atoms with E-state index in [-0.39, 0.29) is 17.9 Å². The summed E-state index contributed by atoms with van der Waals surface area (Å²) in [4.78, 5) is 10.6. The minimum atomic E-state index is -0.320. The standard InChI is InChI=1S/C6H11NO2/c1-4(8)6-2-5(9)3-7-6/h5-7,9H,2-3H2,1H3. The van der Waals surface area contributed by atoms with Crippen LogP contribution >= 0.6 is 0 Å². The van der Waals surface area contributed by atoms with Gasteiger partial charge in [0.05, 0.1) is 12.1 Å². The van der Waals surface area contributed by atoms with Gasteiger partial charge in [0.2, 0.25) is 0 Å². The Balaban J connectivity index is 2.39. The van der Waals surface area contributed by atoms with E-state index in [2.05, 4.69) is 5.32 Å². The number of aliphatic hydroxyl groups is 1. The highest BCUT2D eigenvalue weighted by atomic mass is 16.3. The molecule has 1 heterocycles. The molecule has 1 saturated heterocycles. The van der Waals surface area contributed by atoms with Gasteiger partial charge >= 0.3 is 0 Å². The van der Waals surface area contributed by atoms with E-state index >= 15 is 0 Å². The van der Waals surface area contributed by atoms with Gasteiger partial charge in [-0.2, -0.15) is 0 Å². The fourth-order valence-electron chi connectivity index (χ4n) is 1.03. The second-order valence-corrected chi connectivity index (χ2v) is 2.46. The number of hydrogen-bond donors (Lipinski definition) is 2. The van der Waals surface area contributed by atoms with Gasteiger partial charge in [-0.15, -0.1) is 0 Å². The zero-order valence-electron chi connectivity index (χ0n) is 5.42. The lowest BCUT2D eigenvalue weighted by molar-refractivity contribution is -0.118. The Morgan fingerprint density at radius 3 is 2.67 bits per heavy atom. The number of β-amino-alcohol motifs (C(OH)–C–C–N with tert-alkyl or cyclic N) is 1. The van der Waals surface area contributed by atoms with Crippen LogP contribution < -0.4 is 5.32 Å². The van der Waals surface area contributed by atoms with Crippen molar-refractivity contribution < 1.29 is 9.90 Å². The summed E-state index contributed by atoms with van der Waals surface area (Å²) in [6, 6.07) is -0.0972. The van der Waals surface area contributed by atoms with E-state index in [0.29, 0.717) is 13.0 Å². The number of Topliss-reactive ketones (excluding diaryl/α,β-unsaturated/α-hetero) is 1. The number of ketones is 1. The van der Waals surface area contributed by atoms with Gasteiger partial charge in [-0.3, -0.25) is 4.79 Å². The zero-order valence-corrected chi connectivity index (χ0v) is 5.42. The molecule has 1 aliphatic heterocycles. The van der Waals surface area contributed by atoms with Crippen LogP contribution in [0, 0.1) is 0 Å². The Bertz CT molecular complexity index is 124. The van der Waals surface area contributed by atoms with Crippen LogP contribution in [0.3, 0.4) is 0 Å². The molecular weight excluding hydrogens is 118 g/mol. The quantitative estimate of drug-likeness (QED) is 0.492. The fraction of sp³-hybridized carbons (Fsp3) is 0.833. The molecule has 0 aromatic heterocycles. The summed E-state index contributed by atoms with van der Waals surface area (Å²) in [5.74, 6) is 0.117. The molecule has 52 valence electrons. The topological polar surface area (TPSA) is 49.3 Å². The van der Waals surface area contributed by atoms with Gasteiger partial charge in [0.25, 0.3) is 0 Å². The van der Waals surface area contributed by atoms with E-state index in [1.165, 1.54) is 6.92 Å². The van der Waals surface area contributed by atoms with Crippen molar-refractivity contribution >= 4 is 5.78 Å². The number of carbonyl (C=O) groups excluding carboxylic acids is 1. The van der Waals surface area contributed by atoms with Crippen LogP contribution in [0.25, 0.3) is 0 Å². The Morgan fingerprint density at radius 1 is 1.78 bits per heavy atom. The number of carbonyl (C=O) groups is 1. The van der Waals surface area contributed by atoms with E-state index in [4.69, 9.17) is 5.11 Å².